The van der Waals surface area contributed by atoms with Crippen molar-refractivity contribution in [2.24, 2.45) is 0 Å². The minimum absolute atomic E-state index is 0.311. The fourth-order valence-corrected chi connectivity index (χ4v) is 3.05. The number of fused-ring (bicyclic) bond motifs is 1. The van der Waals surface area contributed by atoms with E-state index in [-0.39, 0.29) is 5.82 Å². The van der Waals surface area contributed by atoms with Crippen molar-refractivity contribution in [2.75, 3.05) is 5.32 Å². The number of halogens is 1. The summed E-state index contributed by atoms with van der Waals surface area (Å²) in [5, 5.41) is 2.61. The molecule has 0 saturated heterocycles. The number of hydrogen-bond donors (Lipinski definition) is 1. The number of Topliss-reactive ketones (excluding diaryl/α,β-unsaturated/α-hetero) is 1. The van der Waals surface area contributed by atoms with Gasteiger partial charge in [0.25, 0.3) is 11.7 Å². The molecule has 6 heteroatoms. The van der Waals surface area contributed by atoms with E-state index < -0.39 is 11.7 Å². The zero-order valence-corrected chi connectivity index (χ0v) is 14.8. The van der Waals surface area contributed by atoms with E-state index in [0.29, 0.717) is 23.3 Å². The molecule has 0 radical (unpaired) electrons. The molecule has 0 spiro atoms. The van der Waals surface area contributed by atoms with Crippen LogP contribution in [0, 0.1) is 5.82 Å². The smallest absolute Gasteiger partial charge is 0.298 e. The van der Waals surface area contributed by atoms with Crippen molar-refractivity contribution in [3.63, 3.8) is 0 Å². The fourth-order valence-electron chi connectivity index (χ4n) is 3.05. The van der Waals surface area contributed by atoms with Gasteiger partial charge in [0.1, 0.15) is 11.6 Å². The molecule has 4 rings (SSSR count). The largest absolute Gasteiger partial charge is 0.323 e. The Balaban J connectivity index is 1.56. The van der Waals surface area contributed by atoms with Gasteiger partial charge in [-0.25, -0.2) is 9.37 Å². The Labute approximate surface area is 160 Å². The van der Waals surface area contributed by atoms with Gasteiger partial charge < -0.3 is 9.72 Å². The number of nitrogens with one attached hydrogen (secondary N) is 1. The number of amides is 1. The van der Waals surface area contributed by atoms with Gasteiger partial charge in [-0.1, -0.05) is 24.3 Å². The molecule has 0 unspecified atom stereocenters. The molecule has 0 bridgehead atoms. The lowest BCUT2D eigenvalue weighted by atomic mass is 10.1. The minimum Gasteiger partial charge on any atom is -0.323 e. The van der Waals surface area contributed by atoms with Crippen LogP contribution < -0.4 is 5.32 Å². The monoisotopic (exact) mass is 373 g/mol. The molecule has 4 aromatic rings. The van der Waals surface area contributed by atoms with Crippen LogP contribution in [-0.2, 0) is 11.2 Å². The molecule has 3 aromatic heterocycles. The van der Waals surface area contributed by atoms with E-state index in [1.54, 1.807) is 47.1 Å². The SMILES string of the molecule is O=C(Nc1ncccc1Cc1ccc(F)cc1)C(=O)c1ccn2ccccc12. The minimum atomic E-state index is -0.754. The molecule has 28 heavy (non-hydrogen) atoms. The van der Waals surface area contributed by atoms with Crippen molar-refractivity contribution < 1.29 is 14.0 Å². The summed E-state index contributed by atoms with van der Waals surface area (Å²) in [4.78, 5) is 29.4. The van der Waals surface area contributed by atoms with Crippen LogP contribution in [0.3, 0.4) is 0 Å². The highest BCUT2D eigenvalue weighted by Gasteiger charge is 2.21. The second-order valence-corrected chi connectivity index (χ2v) is 6.32. The van der Waals surface area contributed by atoms with Crippen molar-refractivity contribution in [1.82, 2.24) is 9.38 Å². The van der Waals surface area contributed by atoms with E-state index in [1.807, 2.05) is 24.4 Å². The highest BCUT2D eigenvalue weighted by molar-refractivity contribution is 6.47. The van der Waals surface area contributed by atoms with Gasteiger partial charge in [0.2, 0.25) is 0 Å². The Hall–Kier alpha value is -3.80. The quantitative estimate of drug-likeness (QED) is 0.426. The molecule has 1 N–H and O–H groups in total. The molecule has 1 aromatic carbocycles. The average molecular weight is 373 g/mol. The molecule has 0 aliphatic heterocycles. The van der Waals surface area contributed by atoms with Gasteiger partial charge in [-0.05, 0) is 47.5 Å². The van der Waals surface area contributed by atoms with Gasteiger partial charge in [0.05, 0.1) is 11.1 Å². The van der Waals surface area contributed by atoms with Crippen LogP contribution in [0.4, 0.5) is 10.2 Å². The lowest BCUT2D eigenvalue weighted by Gasteiger charge is -2.09. The van der Waals surface area contributed by atoms with Crippen LogP contribution in [0.5, 0.6) is 0 Å². The van der Waals surface area contributed by atoms with Gasteiger partial charge in [-0.2, -0.15) is 0 Å². The Bertz CT molecular complexity index is 1170. The van der Waals surface area contributed by atoms with Crippen molar-refractivity contribution in [3.8, 4) is 0 Å². The Morgan fingerprint density at radius 1 is 0.964 bits per heavy atom. The lowest BCUT2D eigenvalue weighted by molar-refractivity contribution is -0.112. The van der Waals surface area contributed by atoms with Gasteiger partial charge in [-0.3, -0.25) is 9.59 Å². The summed E-state index contributed by atoms with van der Waals surface area (Å²) >= 11 is 0. The van der Waals surface area contributed by atoms with Crippen LogP contribution in [0.2, 0.25) is 0 Å². The van der Waals surface area contributed by atoms with E-state index in [1.165, 1.54) is 12.1 Å². The molecule has 0 saturated carbocycles. The molecule has 0 atom stereocenters. The van der Waals surface area contributed by atoms with Gasteiger partial charge in [-0.15, -0.1) is 0 Å². The number of rotatable bonds is 5. The van der Waals surface area contributed by atoms with Crippen molar-refractivity contribution in [3.05, 3.63) is 102 Å². The van der Waals surface area contributed by atoms with E-state index in [4.69, 9.17) is 0 Å². The third kappa shape index (κ3) is 3.53. The summed E-state index contributed by atoms with van der Waals surface area (Å²) in [5.74, 6) is -1.38. The lowest BCUT2D eigenvalue weighted by Crippen LogP contribution is -2.24. The predicted molar refractivity (Wildman–Crippen MR) is 104 cm³/mol. The highest BCUT2D eigenvalue weighted by atomic mass is 19.1. The van der Waals surface area contributed by atoms with Crippen molar-refractivity contribution in [2.45, 2.75) is 6.42 Å². The number of carbonyl (C=O) groups excluding carboxylic acids is 2. The summed E-state index contributed by atoms with van der Waals surface area (Å²) in [5.41, 5.74) is 2.59. The Kier molecular flexibility index (Phi) is 4.68. The molecule has 5 nitrogen and oxygen atoms in total. The molecular weight excluding hydrogens is 357 g/mol. The molecule has 0 aliphatic carbocycles. The van der Waals surface area contributed by atoms with Crippen LogP contribution >= 0.6 is 0 Å². The van der Waals surface area contributed by atoms with E-state index >= 15 is 0 Å². The fraction of sp³-hybridized carbons (Fsp3) is 0.0455. The number of hydrogen-bond acceptors (Lipinski definition) is 3. The first-order chi connectivity index (χ1) is 13.6. The number of anilines is 1. The number of aromatic nitrogens is 2. The maximum absolute atomic E-state index is 13.1. The normalized spacial score (nSPS) is 10.8. The number of nitrogens with zero attached hydrogens (tertiary/aromatic N) is 2. The summed E-state index contributed by atoms with van der Waals surface area (Å²) in [6.07, 6.45) is 5.54. The van der Waals surface area contributed by atoms with Crippen molar-refractivity contribution >= 4 is 23.0 Å². The molecule has 138 valence electrons. The summed E-state index contributed by atoms with van der Waals surface area (Å²) < 4.78 is 14.9. The van der Waals surface area contributed by atoms with Gasteiger partial charge in [0.15, 0.2) is 0 Å². The van der Waals surface area contributed by atoms with E-state index in [0.717, 1.165) is 11.1 Å². The maximum Gasteiger partial charge on any atom is 0.298 e. The maximum atomic E-state index is 13.1. The zero-order valence-electron chi connectivity index (χ0n) is 14.8. The zero-order chi connectivity index (χ0) is 19.5. The molecule has 0 aliphatic rings. The molecule has 0 fully saturated rings. The van der Waals surface area contributed by atoms with Gasteiger partial charge in [0, 0.05) is 25.0 Å². The summed E-state index contributed by atoms with van der Waals surface area (Å²) in [6.45, 7) is 0. The number of carbonyl (C=O) groups is 2. The first-order valence-electron chi connectivity index (χ1n) is 8.71. The van der Waals surface area contributed by atoms with E-state index in [2.05, 4.69) is 10.3 Å². The highest BCUT2D eigenvalue weighted by Crippen LogP contribution is 2.18. The van der Waals surface area contributed by atoms with Crippen LogP contribution in [-0.4, -0.2) is 21.1 Å². The number of benzene rings is 1. The summed E-state index contributed by atoms with van der Waals surface area (Å²) in [7, 11) is 0. The second kappa shape index (κ2) is 7.44. The molecule has 3 heterocycles. The topological polar surface area (TPSA) is 63.5 Å². The molecular formula is C22H16FN3O2. The van der Waals surface area contributed by atoms with E-state index in [9.17, 15) is 14.0 Å². The first kappa shape index (κ1) is 17.6. The predicted octanol–water partition coefficient (Wildman–Crippen LogP) is 3.89. The Morgan fingerprint density at radius 2 is 1.79 bits per heavy atom. The van der Waals surface area contributed by atoms with Crippen LogP contribution in [0.1, 0.15) is 21.5 Å². The van der Waals surface area contributed by atoms with Crippen LogP contribution in [0.15, 0.2) is 79.3 Å². The second-order valence-electron chi connectivity index (χ2n) is 6.32. The summed E-state index contributed by atoms with van der Waals surface area (Å²) in [6, 6.07) is 16.7. The standard InChI is InChI=1S/C22H16FN3O2/c23-17-8-6-15(7-9-17)14-16-4-3-11-24-21(16)25-22(28)20(27)18-10-13-26-12-2-1-5-19(18)26/h1-13H,14H2,(H,24,25,28). The third-order valence-electron chi connectivity index (χ3n) is 4.45. The van der Waals surface area contributed by atoms with Crippen molar-refractivity contribution in [1.29, 1.82) is 0 Å². The first-order valence-corrected chi connectivity index (χ1v) is 8.71. The number of pyridine rings is 2. The molecule has 1 amide bonds. The third-order valence-corrected chi connectivity index (χ3v) is 4.45. The number of ketones is 1. The van der Waals surface area contributed by atoms with Crippen LogP contribution in [0.25, 0.3) is 5.52 Å². The average Bonchev–Trinajstić information content (AvgIpc) is 3.14. The van der Waals surface area contributed by atoms with Gasteiger partial charge >= 0.3 is 0 Å². The Morgan fingerprint density at radius 3 is 2.61 bits per heavy atom.